The third-order valence-electron chi connectivity index (χ3n) is 2.25. The first-order chi connectivity index (χ1) is 9.16. The molecule has 8 nitrogen and oxygen atoms in total. The second kappa shape index (κ2) is 5.96. The molecule has 0 aliphatic carbocycles. The van der Waals surface area contributed by atoms with Crippen molar-refractivity contribution in [1.82, 2.24) is 30.9 Å². The number of amides is 3. The Hall–Kier alpha value is -2.42. The van der Waals surface area contributed by atoms with E-state index in [2.05, 4.69) is 26.4 Å². The molecule has 3 N–H and O–H groups in total. The Morgan fingerprint density at radius 1 is 1.42 bits per heavy atom. The minimum Gasteiger partial charge on any atom is -0.329 e. The van der Waals surface area contributed by atoms with Gasteiger partial charge in [-0.25, -0.2) is 10.2 Å². The lowest BCUT2D eigenvalue weighted by Crippen LogP contribution is -2.46. The second-order valence-corrected chi connectivity index (χ2v) is 4.54. The van der Waals surface area contributed by atoms with Gasteiger partial charge in [-0.15, -0.1) is 21.5 Å². The number of hydrazine groups is 1. The summed E-state index contributed by atoms with van der Waals surface area (Å²) < 4.78 is 1.69. The molecule has 0 saturated heterocycles. The normalized spacial score (nSPS) is 9.95. The summed E-state index contributed by atoms with van der Waals surface area (Å²) >= 11 is 1.29. The fourth-order valence-electron chi connectivity index (χ4n) is 1.25. The van der Waals surface area contributed by atoms with Crippen LogP contribution < -0.4 is 16.2 Å². The van der Waals surface area contributed by atoms with E-state index in [1.54, 1.807) is 29.1 Å². The first-order valence-corrected chi connectivity index (χ1v) is 6.25. The zero-order valence-corrected chi connectivity index (χ0v) is 10.9. The van der Waals surface area contributed by atoms with E-state index in [-0.39, 0.29) is 12.5 Å². The van der Waals surface area contributed by atoms with Gasteiger partial charge in [0.1, 0.15) is 6.33 Å². The summed E-state index contributed by atoms with van der Waals surface area (Å²) in [4.78, 5) is 23.5. The van der Waals surface area contributed by atoms with Crippen LogP contribution in [0, 0.1) is 0 Å². The molecule has 2 aromatic heterocycles. The summed E-state index contributed by atoms with van der Waals surface area (Å²) in [7, 11) is 1.77. The van der Waals surface area contributed by atoms with Gasteiger partial charge in [-0.2, -0.15) is 0 Å². The van der Waals surface area contributed by atoms with Crippen LogP contribution in [0.25, 0.3) is 0 Å². The largest absolute Gasteiger partial charge is 0.333 e. The molecule has 2 heterocycles. The first-order valence-electron chi connectivity index (χ1n) is 5.37. The molecule has 2 rings (SSSR count). The summed E-state index contributed by atoms with van der Waals surface area (Å²) in [5, 5.41) is 11.8. The van der Waals surface area contributed by atoms with Gasteiger partial charge in [-0.05, 0) is 11.4 Å². The standard InChI is InChI=1S/C10H12N6O2S/c1-16-6-12-13-8(16)5-11-10(18)15-14-9(17)7-3-2-4-19-7/h2-4,6H,5H2,1H3,(H,14,17)(H2,11,15,18). The van der Waals surface area contributed by atoms with E-state index < -0.39 is 6.03 Å². The van der Waals surface area contributed by atoms with Gasteiger partial charge in [-0.3, -0.25) is 10.2 Å². The maximum atomic E-state index is 11.5. The Morgan fingerprint density at radius 3 is 2.89 bits per heavy atom. The van der Waals surface area contributed by atoms with Crippen LogP contribution >= 0.6 is 11.3 Å². The maximum Gasteiger partial charge on any atom is 0.333 e. The second-order valence-electron chi connectivity index (χ2n) is 3.60. The van der Waals surface area contributed by atoms with Crippen molar-refractivity contribution in [3.05, 3.63) is 34.5 Å². The predicted molar refractivity (Wildman–Crippen MR) is 68.2 cm³/mol. The van der Waals surface area contributed by atoms with Crippen LogP contribution in [0.5, 0.6) is 0 Å². The maximum absolute atomic E-state index is 11.5. The lowest BCUT2D eigenvalue weighted by Gasteiger charge is -2.07. The van der Waals surface area contributed by atoms with E-state index in [1.807, 2.05) is 0 Å². The molecule has 3 amide bonds. The van der Waals surface area contributed by atoms with Crippen molar-refractivity contribution < 1.29 is 9.59 Å². The molecule has 2 aromatic rings. The smallest absolute Gasteiger partial charge is 0.329 e. The Morgan fingerprint density at radius 2 is 2.26 bits per heavy atom. The van der Waals surface area contributed by atoms with Gasteiger partial charge in [0.25, 0.3) is 5.91 Å². The van der Waals surface area contributed by atoms with Crippen molar-refractivity contribution in [3.8, 4) is 0 Å². The molecule has 0 aliphatic heterocycles. The van der Waals surface area contributed by atoms with Crippen LogP contribution in [0.15, 0.2) is 23.8 Å². The number of thiophene rings is 1. The summed E-state index contributed by atoms with van der Waals surface area (Å²) in [5.74, 6) is 0.253. The highest BCUT2D eigenvalue weighted by molar-refractivity contribution is 7.12. The zero-order valence-electron chi connectivity index (χ0n) is 10.1. The lowest BCUT2D eigenvalue weighted by molar-refractivity contribution is 0.0940. The molecule has 0 fully saturated rings. The molecule has 0 atom stereocenters. The quantitative estimate of drug-likeness (QED) is 0.690. The van der Waals surface area contributed by atoms with Crippen LogP contribution in [-0.4, -0.2) is 26.7 Å². The molecule has 0 saturated carbocycles. The number of aromatic nitrogens is 3. The van der Waals surface area contributed by atoms with E-state index in [4.69, 9.17) is 0 Å². The molecule has 0 aliphatic rings. The van der Waals surface area contributed by atoms with E-state index >= 15 is 0 Å². The number of nitrogens with one attached hydrogen (secondary N) is 3. The van der Waals surface area contributed by atoms with Crippen molar-refractivity contribution in [1.29, 1.82) is 0 Å². The molecular formula is C10H12N6O2S. The first kappa shape index (κ1) is 13.0. The summed E-state index contributed by atoms with van der Waals surface area (Å²) in [5.41, 5.74) is 4.55. The Balaban J connectivity index is 1.73. The molecule has 0 unspecified atom stereocenters. The molecule has 9 heteroatoms. The Kier molecular flexibility index (Phi) is 4.08. The molecule has 0 aromatic carbocycles. The number of carbonyl (C=O) groups excluding carboxylic acids is 2. The molecule has 0 bridgehead atoms. The third-order valence-corrected chi connectivity index (χ3v) is 3.12. The van der Waals surface area contributed by atoms with Crippen LogP contribution in [-0.2, 0) is 13.6 Å². The molecule has 19 heavy (non-hydrogen) atoms. The number of hydrogen-bond acceptors (Lipinski definition) is 5. The average Bonchev–Trinajstić information content (AvgIpc) is 3.05. The van der Waals surface area contributed by atoms with Gasteiger partial charge < -0.3 is 9.88 Å². The fourth-order valence-corrected chi connectivity index (χ4v) is 1.87. The van der Waals surface area contributed by atoms with Crippen LogP contribution in [0.3, 0.4) is 0 Å². The topological polar surface area (TPSA) is 101 Å². The summed E-state index contributed by atoms with van der Waals surface area (Å²) in [6, 6.07) is 2.90. The fraction of sp³-hybridized carbons (Fsp3) is 0.200. The summed E-state index contributed by atoms with van der Waals surface area (Å²) in [6.45, 7) is 0.219. The van der Waals surface area contributed by atoms with Crippen LogP contribution in [0.1, 0.15) is 15.5 Å². The summed E-state index contributed by atoms with van der Waals surface area (Å²) in [6.07, 6.45) is 1.54. The molecular weight excluding hydrogens is 268 g/mol. The monoisotopic (exact) mass is 280 g/mol. The van der Waals surface area contributed by atoms with Crippen molar-refractivity contribution in [2.24, 2.45) is 7.05 Å². The van der Waals surface area contributed by atoms with E-state index in [0.29, 0.717) is 10.7 Å². The highest BCUT2D eigenvalue weighted by atomic mass is 32.1. The highest BCUT2D eigenvalue weighted by Crippen LogP contribution is 2.06. The number of rotatable bonds is 3. The van der Waals surface area contributed by atoms with Crippen LogP contribution in [0.2, 0.25) is 0 Å². The van der Waals surface area contributed by atoms with Gasteiger partial charge in [0.15, 0.2) is 5.82 Å². The van der Waals surface area contributed by atoms with E-state index in [9.17, 15) is 9.59 Å². The number of aryl methyl sites for hydroxylation is 1. The molecule has 0 radical (unpaired) electrons. The van der Waals surface area contributed by atoms with Gasteiger partial charge >= 0.3 is 6.03 Å². The van der Waals surface area contributed by atoms with Gasteiger partial charge in [0.05, 0.1) is 11.4 Å². The SMILES string of the molecule is Cn1cnnc1CNC(=O)NNC(=O)c1cccs1. The number of nitrogens with zero attached hydrogens (tertiary/aromatic N) is 3. The van der Waals surface area contributed by atoms with Gasteiger partial charge in [-0.1, -0.05) is 6.07 Å². The lowest BCUT2D eigenvalue weighted by atomic mass is 10.4. The number of hydrogen-bond donors (Lipinski definition) is 3. The highest BCUT2D eigenvalue weighted by Gasteiger charge is 2.08. The number of carbonyl (C=O) groups is 2. The minimum absolute atomic E-state index is 0.219. The van der Waals surface area contributed by atoms with Gasteiger partial charge in [0, 0.05) is 7.05 Å². The molecule has 100 valence electrons. The average molecular weight is 280 g/mol. The van der Waals surface area contributed by atoms with Gasteiger partial charge in [0.2, 0.25) is 0 Å². The predicted octanol–water partition coefficient (Wildman–Crippen LogP) is 0.0208. The minimum atomic E-state index is -0.520. The zero-order chi connectivity index (χ0) is 13.7. The Labute approximate surface area is 112 Å². The van der Waals surface area contributed by atoms with Crippen molar-refractivity contribution in [3.63, 3.8) is 0 Å². The van der Waals surface area contributed by atoms with E-state index in [0.717, 1.165) is 0 Å². The molecule has 0 spiro atoms. The van der Waals surface area contributed by atoms with Crippen LogP contribution in [0.4, 0.5) is 4.79 Å². The Bertz CT molecular complexity index is 564. The van der Waals surface area contributed by atoms with E-state index in [1.165, 1.54) is 17.7 Å². The van der Waals surface area contributed by atoms with Crippen molar-refractivity contribution >= 4 is 23.3 Å². The third kappa shape index (κ3) is 3.52. The number of urea groups is 1. The van der Waals surface area contributed by atoms with Crippen molar-refractivity contribution in [2.75, 3.05) is 0 Å². The van der Waals surface area contributed by atoms with Crippen molar-refractivity contribution in [2.45, 2.75) is 6.54 Å².